The van der Waals surface area contributed by atoms with Gasteiger partial charge in [-0.15, -0.1) is 0 Å². The summed E-state index contributed by atoms with van der Waals surface area (Å²) in [4.78, 5) is 4.52. The Morgan fingerprint density at radius 2 is 2.22 bits per heavy atom. The van der Waals surface area contributed by atoms with Crippen LogP contribution in [0.3, 0.4) is 0 Å². The van der Waals surface area contributed by atoms with Crippen molar-refractivity contribution in [2.45, 2.75) is 32.7 Å². The van der Waals surface area contributed by atoms with E-state index in [2.05, 4.69) is 35.4 Å². The van der Waals surface area contributed by atoms with E-state index < -0.39 is 0 Å². The first-order valence-corrected chi connectivity index (χ1v) is 6.39. The lowest BCUT2D eigenvalue weighted by Crippen LogP contribution is -2.14. The molecule has 1 fully saturated rings. The SMILES string of the molecule is Cc1cccc(-c2nc(C3CCCN3)no2)c1C. The predicted octanol–water partition coefficient (Wildman–Crippen LogP) is 2.78. The van der Waals surface area contributed by atoms with E-state index in [1.54, 1.807) is 0 Å². The molecule has 1 aromatic carbocycles. The van der Waals surface area contributed by atoms with Crippen LogP contribution in [0, 0.1) is 13.8 Å². The highest BCUT2D eigenvalue weighted by Crippen LogP contribution is 2.27. The maximum Gasteiger partial charge on any atom is 0.258 e. The lowest BCUT2D eigenvalue weighted by atomic mass is 10.0. The second-order valence-electron chi connectivity index (χ2n) is 4.85. The number of hydrogen-bond acceptors (Lipinski definition) is 4. The van der Waals surface area contributed by atoms with Crippen molar-refractivity contribution in [2.24, 2.45) is 0 Å². The maximum absolute atomic E-state index is 5.40. The van der Waals surface area contributed by atoms with E-state index in [1.165, 1.54) is 17.5 Å². The molecule has 1 aliphatic rings. The van der Waals surface area contributed by atoms with Gasteiger partial charge in [0.1, 0.15) is 0 Å². The Kier molecular flexibility index (Phi) is 2.88. The van der Waals surface area contributed by atoms with Crippen LogP contribution in [-0.4, -0.2) is 16.7 Å². The average molecular weight is 243 g/mol. The van der Waals surface area contributed by atoms with Gasteiger partial charge in [-0.25, -0.2) is 0 Å². The molecule has 0 radical (unpaired) electrons. The minimum atomic E-state index is 0.257. The van der Waals surface area contributed by atoms with Crippen LogP contribution in [0.15, 0.2) is 22.7 Å². The molecule has 0 bridgehead atoms. The van der Waals surface area contributed by atoms with Gasteiger partial charge in [0.15, 0.2) is 5.82 Å². The van der Waals surface area contributed by atoms with Gasteiger partial charge < -0.3 is 9.84 Å². The average Bonchev–Trinajstić information content (AvgIpc) is 3.01. The topological polar surface area (TPSA) is 51.0 Å². The highest BCUT2D eigenvalue weighted by atomic mass is 16.5. The van der Waals surface area contributed by atoms with Gasteiger partial charge in [0.05, 0.1) is 6.04 Å². The number of aryl methyl sites for hydroxylation is 1. The molecule has 1 atom stereocenters. The summed E-state index contributed by atoms with van der Waals surface area (Å²) < 4.78 is 5.40. The van der Waals surface area contributed by atoms with Gasteiger partial charge in [-0.1, -0.05) is 17.3 Å². The van der Waals surface area contributed by atoms with Crippen LogP contribution < -0.4 is 5.32 Å². The second kappa shape index (κ2) is 4.53. The van der Waals surface area contributed by atoms with Crippen molar-refractivity contribution in [2.75, 3.05) is 6.54 Å². The van der Waals surface area contributed by atoms with Crippen molar-refractivity contribution in [3.63, 3.8) is 0 Å². The first-order valence-electron chi connectivity index (χ1n) is 6.39. The van der Waals surface area contributed by atoms with Gasteiger partial charge in [-0.2, -0.15) is 4.98 Å². The Morgan fingerprint density at radius 1 is 1.33 bits per heavy atom. The Balaban J connectivity index is 1.95. The number of benzene rings is 1. The molecular weight excluding hydrogens is 226 g/mol. The Hall–Kier alpha value is -1.68. The van der Waals surface area contributed by atoms with E-state index in [1.807, 2.05) is 12.1 Å². The summed E-state index contributed by atoms with van der Waals surface area (Å²) >= 11 is 0. The molecular formula is C14H17N3O. The third-order valence-corrected chi connectivity index (χ3v) is 3.65. The van der Waals surface area contributed by atoms with E-state index in [0.29, 0.717) is 5.89 Å². The summed E-state index contributed by atoms with van der Waals surface area (Å²) in [5, 5.41) is 7.48. The zero-order valence-electron chi connectivity index (χ0n) is 10.7. The summed E-state index contributed by atoms with van der Waals surface area (Å²) in [5.74, 6) is 1.41. The smallest absolute Gasteiger partial charge is 0.258 e. The third-order valence-electron chi connectivity index (χ3n) is 3.65. The fraction of sp³-hybridized carbons (Fsp3) is 0.429. The van der Waals surface area contributed by atoms with Crippen LogP contribution in [0.4, 0.5) is 0 Å². The molecule has 2 aromatic rings. The molecule has 1 unspecified atom stereocenters. The fourth-order valence-corrected chi connectivity index (χ4v) is 2.37. The van der Waals surface area contributed by atoms with Crippen molar-refractivity contribution in [3.8, 4) is 11.5 Å². The minimum absolute atomic E-state index is 0.257. The fourth-order valence-electron chi connectivity index (χ4n) is 2.37. The summed E-state index contributed by atoms with van der Waals surface area (Å²) in [6.07, 6.45) is 2.27. The van der Waals surface area contributed by atoms with Crippen molar-refractivity contribution < 1.29 is 4.52 Å². The standard InChI is InChI=1S/C14H17N3O/c1-9-5-3-6-11(10(9)2)14-16-13(17-18-14)12-7-4-8-15-12/h3,5-6,12,15H,4,7-8H2,1-2H3. The number of aromatic nitrogens is 2. The Bertz CT molecular complexity index is 556. The molecule has 1 aliphatic heterocycles. The molecule has 0 amide bonds. The predicted molar refractivity (Wildman–Crippen MR) is 69.2 cm³/mol. The molecule has 18 heavy (non-hydrogen) atoms. The zero-order valence-corrected chi connectivity index (χ0v) is 10.7. The number of nitrogens with one attached hydrogen (secondary N) is 1. The van der Waals surface area contributed by atoms with E-state index in [9.17, 15) is 0 Å². The van der Waals surface area contributed by atoms with Gasteiger partial charge in [-0.3, -0.25) is 0 Å². The number of rotatable bonds is 2. The molecule has 3 rings (SSSR count). The van der Waals surface area contributed by atoms with Crippen molar-refractivity contribution in [1.29, 1.82) is 0 Å². The quantitative estimate of drug-likeness (QED) is 0.881. The van der Waals surface area contributed by atoms with Crippen LogP contribution >= 0.6 is 0 Å². The van der Waals surface area contributed by atoms with Crippen LogP contribution in [-0.2, 0) is 0 Å². The van der Waals surface area contributed by atoms with E-state index in [4.69, 9.17) is 4.52 Å². The lowest BCUT2D eigenvalue weighted by molar-refractivity contribution is 0.412. The molecule has 94 valence electrons. The maximum atomic E-state index is 5.40. The molecule has 4 nitrogen and oxygen atoms in total. The molecule has 1 aromatic heterocycles. The monoisotopic (exact) mass is 243 g/mol. The molecule has 0 spiro atoms. The summed E-state index contributed by atoms with van der Waals surface area (Å²) in [7, 11) is 0. The highest BCUT2D eigenvalue weighted by molar-refractivity contribution is 5.60. The minimum Gasteiger partial charge on any atom is -0.334 e. The molecule has 0 saturated carbocycles. The van der Waals surface area contributed by atoms with Crippen LogP contribution in [0.1, 0.15) is 35.8 Å². The third kappa shape index (κ3) is 1.93. The molecule has 2 heterocycles. The van der Waals surface area contributed by atoms with Gasteiger partial charge in [0.2, 0.25) is 0 Å². The summed E-state index contributed by atoms with van der Waals surface area (Å²) in [6, 6.07) is 6.40. The summed E-state index contributed by atoms with van der Waals surface area (Å²) in [5.41, 5.74) is 3.48. The van der Waals surface area contributed by atoms with E-state index in [-0.39, 0.29) is 6.04 Å². The first kappa shape index (κ1) is 11.4. The van der Waals surface area contributed by atoms with Crippen LogP contribution in [0.5, 0.6) is 0 Å². The zero-order chi connectivity index (χ0) is 12.5. The Morgan fingerprint density at radius 3 is 3.00 bits per heavy atom. The highest BCUT2D eigenvalue weighted by Gasteiger charge is 2.22. The Labute approximate surface area is 106 Å². The van der Waals surface area contributed by atoms with Crippen LogP contribution in [0.2, 0.25) is 0 Å². The van der Waals surface area contributed by atoms with Crippen LogP contribution in [0.25, 0.3) is 11.5 Å². The second-order valence-corrected chi connectivity index (χ2v) is 4.85. The van der Waals surface area contributed by atoms with E-state index >= 15 is 0 Å². The largest absolute Gasteiger partial charge is 0.334 e. The van der Waals surface area contributed by atoms with Gasteiger partial charge in [0, 0.05) is 5.56 Å². The van der Waals surface area contributed by atoms with Crippen molar-refractivity contribution >= 4 is 0 Å². The first-order chi connectivity index (χ1) is 8.75. The van der Waals surface area contributed by atoms with Gasteiger partial charge >= 0.3 is 0 Å². The number of hydrogen-bond donors (Lipinski definition) is 1. The molecule has 1 saturated heterocycles. The molecule has 4 heteroatoms. The number of nitrogens with zero attached hydrogens (tertiary/aromatic N) is 2. The van der Waals surface area contributed by atoms with Gasteiger partial charge in [-0.05, 0) is 50.4 Å². The van der Waals surface area contributed by atoms with Gasteiger partial charge in [0.25, 0.3) is 5.89 Å². The van der Waals surface area contributed by atoms with Crippen molar-refractivity contribution in [1.82, 2.24) is 15.5 Å². The van der Waals surface area contributed by atoms with E-state index in [0.717, 1.165) is 24.4 Å². The molecule has 0 aliphatic carbocycles. The lowest BCUT2D eigenvalue weighted by Gasteiger charge is -2.04. The summed E-state index contributed by atoms with van der Waals surface area (Å²) in [6.45, 7) is 5.22. The normalized spacial score (nSPS) is 19.3. The van der Waals surface area contributed by atoms with Crippen molar-refractivity contribution in [3.05, 3.63) is 35.2 Å². The molecule has 1 N–H and O–H groups in total.